The van der Waals surface area contributed by atoms with Crippen molar-refractivity contribution in [3.05, 3.63) is 53.6 Å². The number of sulfonamides is 1. The summed E-state index contributed by atoms with van der Waals surface area (Å²) in [5.74, 6) is -3.35. The number of hydrogen-bond donors (Lipinski definition) is 2. The van der Waals surface area contributed by atoms with Crippen LogP contribution >= 0.6 is 0 Å². The molecule has 14 heteroatoms. The molecule has 13 nitrogen and oxygen atoms in total. The summed E-state index contributed by atoms with van der Waals surface area (Å²) in [6.07, 6.45) is 4.47. The minimum Gasteiger partial charge on any atom is -0.444 e. The first-order valence-corrected chi connectivity index (χ1v) is 19.2. The number of nitrogens with one attached hydrogen (secondary N) is 1. The van der Waals surface area contributed by atoms with E-state index in [0.29, 0.717) is 25.9 Å². The lowest BCUT2D eigenvalue weighted by atomic mass is 9.76. The van der Waals surface area contributed by atoms with Crippen molar-refractivity contribution in [3.63, 3.8) is 0 Å². The summed E-state index contributed by atoms with van der Waals surface area (Å²) in [7, 11) is -3.87. The van der Waals surface area contributed by atoms with E-state index >= 15 is 0 Å². The summed E-state index contributed by atoms with van der Waals surface area (Å²) < 4.78 is 39.2. The van der Waals surface area contributed by atoms with Crippen LogP contribution in [0.1, 0.15) is 76.0 Å². The van der Waals surface area contributed by atoms with Crippen molar-refractivity contribution in [1.29, 1.82) is 0 Å². The Kier molecular flexibility index (Phi) is 10.1. The second-order valence-corrected chi connectivity index (χ2v) is 17.7. The minimum atomic E-state index is -3.87. The normalized spacial score (nSPS) is 30.9. The van der Waals surface area contributed by atoms with Crippen LogP contribution < -0.4 is 10.5 Å². The maximum Gasteiger partial charge on any atom is 0.410 e. The molecule has 3 aliphatic heterocycles. The monoisotopic (exact) mass is 724 g/mol. The first kappa shape index (κ1) is 36.9. The molecule has 2 aliphatic carbocycles. The highest BCUT2D eigenvalue weighted by Gasteiger charge is 2.61. The van der Waals surface area contributed by atoms with Crippen molar-refractivity contribution in [1.82, 2.24) is 14.5 Å². The Hall–Kier alpha value is -3.88. The molecular formula is C37H48N4O9S. The Labute approximate surface area is 299 Å². The first-order valence-electron chi connectivity index (χ1n) is 17.6. The number of carbonyl (C=O) groups excluding carboxylic acids is 5. The molecule has 3 fully saturated rings. The summed E-state index contributed by atoms with van der Waals surface area (Å²) in [5, 5.41) is -0.625. The number of allylic oxidation sites excluding steroid dienone is 1. The molecule has 0 spiro atoms. The summed E-state index contributed by atoms with van der Waals surface area (Å²) in [5.41, 5.74) is 7.04. The summed E-state index contributed by atoms with van der Waals surface area (Å²) >= 11 is 0. The summed E-state index contributed by atoms with van der Waals surface area (Å²) in [6.45, 7) is 9.97. The predicted octanol–water partition coefficient (Wildman–Crippen LogP) is 2.86. The van der Waals surface area contributed by atoms with Gasteiger partial charge in [-0.1, -0.05) is 57.2 Å². The Balaban J connectivity index is 1.29. The smallest absolute Gasteiger partial charge is 0.410 e. The number of fused-ring (bicyclic) bond motifs is 3. The first-order chi connectivity index (χ1) is 24.0. The number of hydrogen-bond acceptors (Lipinski definition) is 10. The molecule has 3 amide bonds. The number of benzene rings is 1. The standard InChI is InChI=1S/C37H48N4O9S/c1-5-24-16-37(24,34(45)39-51(47,48)26-11-12-26)17-32(43)30-14-25-19-41(30)33(44)28(36(2,3)4)15-31(42)29(38)21-49-13-7-10-22-8-6-9-23-18-40(20-27(22)23)35(46)50-25/h5-10,24-26,28-30H,1,11-21,38H2,2-4H3,(H,39,45)/b10-7+/t24-,25-,28-,29+,30+,37-/m1/s1. The van der Waals surface area contributed by atoms with E-state index in [0.717, 1.165) is 16.7 Å². The van der Waals surface area contributed by atoms with Crippen LogP contribution in [0, 0.1) is 22.7 Å². The van der Waals surface area contributed by atoms with E-state index in [-0.39, 0.29) is 51.2 Å². The van der Waals surface area contributed by atoms with Crippen molar-refractivity contribution >= 4 is 45.6 Å². The van der Waals surface area contributed by atoms with Crippen LogP contribution in [0.3, 0.4) is 0 Å². The molecule has 6 rings (SSSR count). The average Bonchev–Trinajstić information content (AvgIpc) is 3.96. The van der Waals surface area contributed by atoms with Crippen molar-refractivity contribution in [2.24, 2.45) is 28.4 Å². The highest BCUT2D eigenvalue weighted by atomic mass is 32.2. The van der Waals surface area contributed by atoms with E-state index in [1.165, 1.54) is 4.90 Å². The van der Waals surface area contributed by atoms with Gasteiger partial charge in [-0.25, -0.2) is 13.2 Å². The zero-order valence-corrected chi connectivity index (χ0v) is 30.3. The molecule has 1 aromatic carbocycles. The van der Waals surface area contributed by atoms with E-state index in [4.69, 9.17) is 15.2 Å². The minimum absolute atomic E-state index is 0.0138. The number of amides is 3. The zero-order chi connectivity index (χ0) is 36.9. The number of rotatable bonds is 7. The van der Waals surface area contributed by atoms with Gasteiger partial charge in [-0.15, -0.1) is 6.58 Å². The van der Waals surface area contributed by atoms with Crippen LogP contribution in [0.5, 0.6) is 0 Å². The fourth-order valence-corrected chi connectivity index (χ4v) is 8.92. The topological polar surface area (TPSA) is 182 Å². The van der Waals surface area contributed by atoms with Gasteiger partial charge in [0.15, 0.2) is 11.6 Å². The molecule has 5 aliphatic rings. The highest BCUT2D eigenvalue weighted by Crippen LogP contribution is 2.57. The molecule has 0 unspecified atom stereocenters. The van der Waals surface area contributed by atoms with E-state index in [2.05, 4.69) is 11.3 Å². The molecule has 6 atom stereocenters. The number of Topliss-reactive ketones (excluding diaryl/α,β-unsaturated/α-hetero) is 2. The Morgan fingerprint density at radius 1 is 1.16 bits per heavy atom. The van der Waals surface area contributed by atoms with E-state index in [9.17, 15) is 32.4 Å². The maximum absolute atomic E-state index is 14.5. The van der Waals surface area contributed by atoms with Gasteiger partial charge in [-0.2, -0.15) is 0 Å². The van der Waals surface area contributed by atoms with Gasteiger partial charge in [0.2, 0.25) is 21.8 Å². The van der Waals surface area contributed by atoms with Crippen LogP contribution in [0.25, 0.3) is 6.08 Å². The number of carbonyl (C=O) groups is 5. The van der Waals surface area contributed by atoms with Crippen LogP contribution in [0.4, 0.5) is 4.79 Å². The zero-order valence-electron chi connectivity index (χ0n) is 29.5. The quantitative estimate of drug-likeness (QED) is 0.397. The van der Waals surface area contributed by atoms with Gasteiger partial charge in [0.1, 0.15) is 6.10 Å². The molecule has 0 aromatic heterocycles. The van der Waals surface area contributed by atoms with Crippen molar-refractivity contribution in [2.75, 3.05) is 19.8 Å². The van der Waals surface area contributed by atoms with Crippen molar-refractivity contribution in [3.8, 4) is 0 Å². The van der Waals surface area contributed by atoms with Crippen LogP contribution in [-0.2, 0) is 51.8 Å². The Morgan fingerprint density at radius 3 is 2.57 bits per heavy atom. The van der Waals surface area contributed by atoms with Crippen molar-refractivity contribution in [2.45, 2.75) is 95.8 Å². The van der Waals surface area contributed by atoms with Crippen LogP contribution in [0.2, 0.25) is 0 Å². The Bertz CT molecular complexity index is 1760. The lowest BCUT2D eigenvalue weighted by molar-refractivity contribution is -0.146. The largest absolute Gasteiger partial charge is 0.444 e. The van der Waals surface area contributed by atoms with Gasteiger partial charge < -0.3 is 20.1 Å². The van der Waals surface area contributed by atoms with Crippen LogP contribution in [-0.4, -0.2) is 90.9 Å². The lowest BCUT2D eigenvalue weighted by Gasteiger charge is -2.35. The molecular weight excluding hydrogens is 676 g/mol. The highest BCUT2D eigenvalue weighted by molar-refractivity contribution is 7.90. The fourth-order valence-electron chi connectivity index (χ4n) is 7.54. The molecule has 3 heterocycles. The molecule has 51 heavy (non-hydrogen) atoms. The van der Waals surface area contributed by atoms with Gasteiger partial charge in [0, 0.05) is 31.7 Å². The van der Waals surface area contributed by atoms with Gasteiger partial charge in [0.25, 0.3) is 0 Å². The van der Waals surface area contributed by atoms with Crippen molar-refractivity contribution < 1.29 is 41.9 Å². The number of ketones is 2. The maximum atomic E-state index is 14.5. The molecule has 1 saturated heterocycles. The van der Waals surface area contributed by atoms with Gasteiger partial charge in [0.05, 0.1) is 49.1 Å². The number of ether oxygens (including phenoxy) is 2. The number of nitrogens with zero attached hydrogens (tertiary/aromatic N) is 2. The SMILES string of the molecule is C=C[C@@H]1C[C@]1(CC(=O)[C@@H]1C[C@@H]2CN1C(=O)[C@H](C(C)(C)C)CC(=O)[C@@H](N)COC/C=C/c1cccc3c1CN(C3)C(=O)O2)C(=O)NS(=O)(=O)C1CC1. The molecule has 4 bridgehead atoms. The van der Waals surface area contributed by atoms with Gasteiger partial charge in [-0.05, 0) is 47.3 Å². The summed E-state index contributed by atoms with van der Waals surface area (Å²) in [6, 6.07) is 3.73. The molecule has 2 saturated carbocycles. The van der Waals surface area contributed by atoms with Crippen LogP contribution in [0.15, 0.2) is 36.9 Å². The summed E-state index contributed by atoms with van der Waals surface area (Å²) in [4.78, 5) is 72.2. The predicted molar refractivity (Wildman–Crippen MR) is 187 cm³/mol. The lowest BCUT2D eigenvalue weighted by Crippen LogP contribution is -2.49. The molecule has 276 valence electrons. The second-order valence-electron chi connectivity index (χ2n) is 15.7. The third-order valence-electron chi connectivity index (χ3n) is 11.0. The average molecular weight is 725 g/mol. The number of nitrogens with two attached hydrogens (primary N) is 1. The van der Waals surface area contributed by atoms with E-state index < -0.39 is 79.8 Å². The molecule has 1 aromatic rings. The molecule has 0 radical (unpaired) electrons. The second kappa shape index (κ2) is 13.9. The van der Waals surface area contributed by atoms with Gasteiger partial charge >= 0.3 is 6.09 Å². The van der Waals surface area contributed by atoms with Gasteiger partial charge in [-0.3, -0.25) is 28.8 Å². The fraction of sp³-hybridized carbons (Fsp3) is 0.595. The van der Waals surface area contributed by atoms with E-state index in [1.54, 1.807) is 11.0 Å². The van der Waals surface area contributed by atoms with E-state index in [1.807, 2.05) is 51.1 Å². The third-order valence-corrected chi connectivity index (χ3v) is 12.8. The third kappa shape index (κ3) is 7.68. The Morgan fingerprint density at radius 2 is 1.90 bits per heavy atom. The molecule has 3 N–H and O–H groups in total.